The van der Waals surface area contributed by atoms with E-state index < -0.39 is 6.10 Å². The predicted octanol–water partition coefficient (Wildman–Crippen LogP) is 3.68. The molecule has 1 atom stereocenters. The van der Waals surface area contributed by atoms with Crippen LogP contribution in [0, 0.1) is 6.92 Å². The monoisotopic (exact) mass is 365 g/mol. The van der Waals surface area contributed by atoms with Crippen molar-refractivity contribution in [3.05, 3.63) is 45.4 Å². The Morgan fingerprint density at radius 3 is 3.12 bits per heavy atom. The zero-order valence-corrected chi connectivity index (χ0v) is 15.0. The Labute approximate surface area is 150 Å². The first-order valence-corrected chi connectivity index (χ1v) is 9.14. The summed E-state index contributed by atoms with van der Waals surface area (Å²) in [6.07, 6.45) is 3.66. The maximum Gasteiger partial charge on any atom is 0.323 e. The molecule has 1 aromatic carbocycles. The van der Waals surface area contributed by atoms with E-state index in [1.165, 1.54) is 11.3 Å². The van der Waals surface area contributed by atoms with Gasteiger partial charge in [-0.2, -0.15) is 0 Å². The number of carbonyl (C=O) groups is 1. The summed E-state index contributed by atoms with van der Waals surface area (Å²) < 4.78 is 0. The number of urea groups is 1. The molecule has 0 radical (unpaired) electrons. The number of β-amino-alcohol motifs (C(OH)–C–C–N with tert-alkyl or cyclic N) is 1. The van der Waals surface area contributed by atoms with E-state index >= 15 is 0 Å². The Kier molecular flexibility index (Phi) is 5.38. The van der Waals surface area contributed by atoms with E-state index in [1.54, 1.807) is 11.1 Å². The lowest BCUT2D eigenvalue weighted by Crippen LogP contribution is -2.44. The summed E-state index contributed by atoms with van der Waals surface area (Å²) in [5.41, 5.74) is 2.17. The molecule has 24 heavy (non-hydrogen) atoms. The van der Waals surface area contributed by atoms with Crippen molar-refractivity contribution in [2.24, 2.45) is 0 Å². The van der Waals surface area contributed by atoms with Gasteiger partial charge in [0.2, 0.25) is 0 Å². The number of aliphatic hydroxyl groups is 1. The van der Waals surface area contributed by atoms with Gasteiger partial charge in [-0.3, -0.25) is 5.32 Å². The van der Waals surface area contributed by atoms with Gasteiger partial charge >= 0.3 is 6.03 Å². The number of halogens is 1. The van der Waals surface area contributed by atoms with Crippen LogP contribution in [0.3, 0.4) is 0 Å². The Morgan fingerprint density at radius 1 is 1.54 bits per heavy atom. The fraction of sp³-hybridized carbons (Fsp3) is 0.412. The molecule has 2 amide bonds. The average Bonchev–Trinajstić information content (AvgIpc) is 2.98. The molecule has 2 aromatic rings. The molecule has 5 nitrogen and oxygen atoms in total. The number of likely N-dealkylation sites (tertiary alicyclic amines) is 1. The first-order valence-electron chi connectivity index (χ1n) is 7.95. The number of carbonyl (C=O) groups excluding carboxylic acids is 1. The SMILES string of the molecule is Cc1ccc(Cc2cnc(NC(=O)N3CCC[C@@H](O)C3)s2)cc1Cl. The number of nitrogens with zero attached hydrogens (tertiary/aromatic N) is 2. The summed E-state index contributed by atoms with van der Waals surface area (Å²) in [5, 5.41) is 13.8. The lowest BCUT2D eigenvalue weighted by atomic mass is 10.1. The number of hydrogen-bond donors (Lipinski definition) is 2. The van der Waals surface area contributed by atoms with E-state index in [0.29, 0.717) is 18.2 Å². The molecule has 0 unspecified atom stereocenters. The summed E-state index contributed by atoms with van der Waals surface area (Å²) >= 11 is 7.61. The van der Waals surface area contributed by atoms with Crippen molar-refractivity contribution in [2.45, 2.75) is 32.3 Å². The van der Waals surface area contributed by atoms with Gasteiger partial charge in [0, 0.05) is 35.6 Å². The highest BCUT2D eigenvalue weighted by Crippen LogP contribution is 2.24. The molecule has 3 rings (SSSR count). The number of rotatable bonds is 3. The molecule has 1 saturated heterocycles. The Balaban J connectivity index is 1.60. The van der Waals surface area contributed by atoms with Crippen molar-refractivity contribution in [3.8, 4) is 0 Å². The molecular weight excluding hydrogens is 346 g/mol. The Hall–Kier alpha value is -1.63. The summed E-state index contributed by atoms with van der Waals surface area (Å²) in [4.78, 5) is 19.2. The molecule has 0 saturated carbocycles. The van der Waals surface area contributed by atoms with E-state index in [4.69, 9.17) is 11.6 Å². The van der Waals surface area contributed by atoms with Crippen molar-refractivity contribution < 1.29 is 9.90 Å². The second-order valence-corrected chi connectivity index (χ2v) is 7.59. The number of amides is 2. The number of aliphatic hydroxyl groups excluding tert-OH is 1. The number of aromatic nitrogens is 1. The van der Waals surface area contributed by atoms with Crippen molar-refractivity contribution in [1.29, 1.82) is 0 Å². The third-order valence-corrected chi connectivity index (χ3v) is 5.39. The molecule has 0 spiro atoms. The second-order valence-electron chi connectivity index (χ2n) is 6.06. The molecule has 128 valence electrons. The number of hydrogen-bond acceptors (Lipinski definition) is 4. The van der Waals surface area contributed by atoms with Crippen LogP contribution in [0.15, 0.2) is 24.4 Å². The summed E-state index contributed by atoms with van der Waals surface area (Å²) in [5.74, 6) is 0. The lowest BCUT2D eigenvalue weighted by Gasteiger charge is -2.29. The molecule has 2 N–H and O–H groups in total. The van der Waals surface area contributed by atoms with E-state index in [0.717, 1.165) is 40.3 Å². The number of benzene rings is 1. The topological polar surface area (TPSA) is 65.5 Å². The van der Waals surface area contributed by atoms with Gasteiger partial charge in [-0.05, 0) is 37.0 Å². The normalized spacial score (nSPS) is 17.8. The van der Waals surface area contributed by atoms with Crippen LogP contribution >= 0.6 is 22.9 Å². The highest BCUT2D eigenvalue weighted by atomic mass is 35.5. The van der Waals surface area contributed by atoms with Gasteiger partial charge < -0.3 is 10.0 Å². The predicted molar refractivity (Wildman–Crippen MR) is 96.9 cm³/mol. The molecule has 0 aliphatic carbocycles. The van der Waals surface area contributed by atoms with Crippen LogP contribution in [0.2, 0.25) is 5.02 Å². The van der Waals surface area contributed by atoms with Gasteiger partial charge in [-0.15, -0.1) is 11.3 Å². The van der Waals surface area contributed by atoms with Crippen LogP contribution in [0.1, 0.15) is 28.8 Å². The number of aryl methyl sites for hydroxylation is 1. The zero-order chi connectivity index (χ0) is 17.1. The Bertz CT molecular complexity index is 734. The zero-order valence-electron chi connectivity index (χ0n) is 13.5. The van der Waals surface area contributed by atoms with Crippen LogP contribution < -0.4 is 5.32 Å². The molecule has 2 heterocycles. The van der Waals surface area contributed by atoms with Crippen LogP contribution in [0.5, 0.6) is 0 Å². The fourth-order valence-corrected chi connectivity index (χ4v) is 3.74. The van der Waals surface area contributed by atoms with Crippen molar-refractivity contribution in [1.82, 2.24) is 9.88 Å². The highest BCUT2D eigenvalue weighted by molar-refractivity contribution is 7.15. The van der Waals surface area contributed by atoms with E-state index in [1.807, 2.05) is 25.1 Å². The van der Waals surface area contributed by atoms with Gasteiger partial charge in [0.25, 0.3) is 0 Å². The molecular formula is C17H20ClN3O2S. The van der Waals surface area contributed by atoms with Crippen LogP contribution in [-0.2, 0) is 6.42 Å². The quantitative estimate of drug-likeness (QED) is 0.871. The van der Waals surface area contributed by atoms with E-state index in [9.17, 15) is 9.90 Å². The Morgan fingerprint density at radius 2 is 2.38 bits per heavy atom. The van der Waals surface area contributed by atoms with Crippen molar-refractivity contribution >= 4 is 34.1 Å². The minimum absolute atomic E-state index is 0.201. The van der Waals surface area contributed by atoms with Gasteiger partial charge in [-0.25, -0.2) is 9.78 Å². The van der Waals surface area contributed by atoms with Crippen LogP contribution in [0.4, 0.5) is 9.93 Å². The standard InChI is InChI=1S/C17H20ClN3O2S/c1-11-4-5-12(8-15(11)18)7-14-9-19-16(24-14)20-17(23)21-6-2-3-13(22)10-21/h4-5,8-9,13,22H,2-3,6-7,10H2,1H3,(H,19,20,23)/t13-/m1/s1. The maximum absolute atomic E-state index is 12.2. The van der Waals surface area contributed by atoms with Crippen molar-refractivity contribution in [3.63, 3.8) is 0 Å². The lowest BCUT2D eigenvalue weighted by molar-refractivity contribution is 0.0883. The largest absolute Gasteiger partial charge is 0.391 e. The van der Waals surface area contributed by atoms with Crippen molar-refractivity contribution in [2.75, 3.05) is 18.4 Å². The summed E-state index contributed by atoms with van der Waals surface area (Å²) in [6, 6.07) is 5.81. The van der Waals surface area contributed by atoms with E-state index in [2.05, 4.69) is 10.3 Å². The molecule has 1 fully saturated rings. The van der Waals surface area contributed by atoms with Crippen LogP contribution in [-0.4, -0.2) is 40.2 Å². The number of thiazole rings is 1. The molecule has 1 aliphatic heterocycles. The maximum atomic E-state index is 12.2. The van der Waals surface area contributed by atoms with Gasteiger partial charge in [0.15, 0.2) is 5.13 Å². The van der Waals surface area contributed by atoms with Gasteiger partial charge in [-0.1, -0.05) is 23.7 Å². The van der Waals surface area contributed by atoms with Gasteiger partial charge in [0.1, 0.15) is 0 Å². The minimum atomic E-state index is -0.428. The number of anilines is 1. The molecule has 1 aromatic heterocycles. The van der Waals surface area contributed by atoms with E-state index in [-0.39, 0.29) is 6.03 Å². The minimum Gasteiger partial charge on any atom is -0.391 e. The van der Waals surface area contributed by atoms with Crippen LogP contribution in [0.25, 0.3) is 0 Å². The number of piperidine rings is 1. The molecule has 1 aliphatic rings. The third-order valence-electron chi connectivity index (χ3n) is 4.07. The number of nitrogens with one attached hydrogen (secondary N) is 1. The molecule has 0 bridgehead atoms. The van der Waals surface area contributed by atoms with Gasteiger partial charge in [0.05, 0.1) is 6.10 Å². The molecule has 7 heteroatoms. The second kappa shape index (κ2) is 7.51. The first kappa shape index (κ1) is 17.2. The average molecular weight is 366 g/mol. The third kappa shape index (κ3) is 4.26. The highest BCUT2D eigenvalue weighted by Gasteiger charge is 2.22. The first-order chi connectivity index (χ1) is 11.5. The summed E-state index contributed by atoms with van der Waals surface area (Å²) in [6.45, 7) is 3.03. The summed E-state index contributed by atoms with van der Waals surface area (Å²) in [7, 11) is 0. The smallest absolute Gasteiger partial charge is 0.323 e. The fourth-order valence-electron chi connectivity index (χ4n) is 2.70.